The van der Waals surface area contributed by atoms with Gasteiger partial charge in [0.1, 0.15) is 11.9 Å². The molecule has 2 unspecified atom stereocenters. The summed E-state index contributed by atoms with van der Waals surface area (Å²) in [5, 5.41) is 28.5. The average Bonchev–Trinajstić information content (AvgIpc) is 2.21. The topological polar surface area (TPSA) is 86.7 Å². The highest BCUT2D eigenvalue weighted by atomic mass is 35.5. The van der Waals surface area contributed by atoms with Gasteiger partial charge in [-0.15, -0.1) is 0 Å². The Morgan fingerprint density at radius 2 is 2.00 bits per heavy atom. The molecule has 0 aromatic heterocycles. The molecule has 5 heteroatoms. The van der Waals surface area contributed by atoms with Crippen LogP contribution in [0.25, 0.3) is 0 Å². The van der Waals surface area contributed by atoms with E-state index in [-0.39, 0.29) is 10.8 Å². The van der Waals surface area contributed by atoms with Crippen molar-refractivity contribution in [2.45, 2.75) is 18.6 Å². The highest BCUT2D eigenvalue weighted by Crippen LogP contribution is 2.28. The first kappa shape index (κ1) is 12.3. The van der Waals surface area contributed by atoms with E-state index in [0.29, 0.717) is 18.5 Å². The van der Waals surface area contributed by atoms with Crippen LogP contribution in [0.1, 0.15) is 18.1 Å². The number of phenols is 1. The third-order valence-electron chi connectivity index (χ3n) is 2.14. The van der Waals surface area contributed by atoms with Gasteiger partial charge in [-0.05, 0) is 30.7 Å². The molecule has 1 aromatic carbocycles. The minimum absolute atomic E-state index is 0.0547. The minimum Gasteiger partial charge on any atom is -0.506 e. The van der Waals surface area contributed by atoms with E-state index in [9.17, 15) is 15.3 Å². The fourth-order valence-corrected chi connectivity index (χ4v) is 1.45. The van der Waals surface area contributed by atoms with Gasteiger partial charge in [0.05, 0.1) is 11.1 Å². The van der Waals surface area contributed by atoms with Crippen molar-refractivity contribution in [1.82, 2.24) is 0 Å². The lowest BCUT2D eigenvalue weighted by Gasteiger charge is -2.17. The zero-order valence-corrected chi connectivity index (χ0v) is 8.85. The van der Waals surface area contributed by atoms with E-state index < -0.39 is 12.2 Å². The number of aromatic hydroxyl groups is 1. The summed E-state index contributed by atoms with van der Waals surface area (Å²) in [6.45, 7) is 0.296. The summed E-state index contributed by atoms with van der Waals surface area (Å²) in [5.41, 5.74) is 5.72. The molecule has 5 N–H and O–H groups in total. The maximum Gasteiger partial charge on any atom is 0.134 e. The summed E-state index contributed by atoms with van der Waals surface area (Å²) in [6.07, 6.45) is -1.65. The van der Waals surface area contributed by atoms with E-state index in [1.165, 1.54) is 18.2 Å². The van der Waals surface area contributed by atoms with Gasteiger partial charge in [-0.1, -0.05) is 17.7 Å². The van der Waals surface area contributed by atoms with Crippen LogP contribution in [0, 0.1) is 0 Å². The normalized spacial score (nSPS) is 14.9. The first-order valence-corrected chi connectivity index (χ1v) is 4.98. The quantitative estimate of drug-likeness (QED) is 0.617. The molecule has 1 rings (SSSR count). The third kappa shape index (κ3) is 3.07. The predicted octanol–water partition coefficient (Wildman–Crippen LogP) is 0.789. The molecular weight excluding hydrogens is 218 g/mol. The molecule has 0 bridgehead atoms. The highest BCUT2D eigenvalue weighted by Gasteiger charge is 2.18. The molecule has 84 valence electrons. The number of hydrogen-bond acceptors (Lipinski definition) is 4. The van der Waals surface area contributed by atoms with Crippen molar-refractivity contribution in [3.8, 4) is 5.75 Å². The zero-order chi connectivity index (χ0) is 11.4. The lowest BCUT2D eigenvalue weighted by molar-refractivity contribution is 0.0150. The van der Waals surface area contributed by atoms with Gasteiger partial charge in [0, 0.05) is 0 Å². The van der Waals surface area contributed by atoms with Crippen LogP contribution in [0.2, 0.25) is 5.02 Å². The van der Waals surface area contributed by atoms with E-state index in [4.69, 9.17) is 17.3 Å². The lowest BCUT2D eigenvalue weighted by Crippen LogP contribution is -2.21. The van der Waals surface area contributed by atoms with Gasteiger partial charge in [-0.2, -0.15) is 0 Å². The van der Waals surface area contributed by atoms with Crippen molar-refractivity contribution < 1.29 is 15.3 Å². The van der Waals surface area contributed by atoms with Gasteiger partial charge in [0.15, 0.2) is 0 Å². The molecule has 0 saturated heterocycles. The fraction of sp³-hybridized carbons (Fsp3) is 0.400. The second-order valence-corrected chi connectivity index (χ2v) is 3.71. The fourth-order valence-electron chi connectivity index (χ4n) is 1.26. The number of rotatable bonds is 4. The van der Waals surface area contributed by atoms with E-state index in [2.05, 4.69) is 0 Å². The molecule has 0 amide bonds. The molecule has 0 spiro atoms. The van der Waals surface area contributed by atoms with Crippen molar-refractivity contribution in [2.75, 3.05) is 6.54 Å². The van der Waals surface area contributed by atoms with Gasteiger partial charge in [-0.25, -0.2) is 0 Å². The van der Waals surface area contributed by atoms with Crippen molar-refractivity contribution in [1.29, 1.82) is 0 Å². The molecule has 0 saturated carbocycles. The summed E-state index contributed by atoms with van der Waals surface area (Å²) in [5.74, 6) is -0.0547. The standard InChI is InChI=1S/C10H14ClNO3/c11-7-5-6(1-2-8(7)13)10(15)9(14)3-4-12/h1-2,5,9-10,13-15H,3-4,12H2. The van der Waals surface area contributed by atoms with Gasteiger partial charge in [0.2, 0.25) is 0 Å². The molecule has 15 heavy (non-hydrogen) atoms. The summed E-state index contributed by atoms with van der Waals surface area (Å²) < 4.78 is 0. The second-order valence-electron chi connectivity index (χ2n) is 3.30. The first-order chi connectivity index (χ1) is 7.06. The summed E-state index contributed by atoms with van der Waals surface area (Å²) in [7, 11) is 0. The van der Waals surface area contributed by atoms with Gasteiger partial charge < -0.3 is 21.1 Å². The Morgan fingerprint density at radius 1 is 1.33 bits per heavy atom. The van der Waals surface area contributed by atoms with Crippen LogP contribution in [0.3, 0.4) is 0 Å². The SMILES string of the molecule is NCCC(O)C(O)c1ccc(O)c(Cl)c1. The number of benzene rings is 1. The van der Waals surface area contributed by atoms with Crippen LogP contribution in [0.4, 0.5) is 0 Å². The van der Waals surface area contributed by atoms with Crippen LogP contribution >= 0.6 is 11.6 Å². The molecule has 0 fully saturated rings. The van der Waals surface area contributed by atoms with Crippen molar-refractivity contribution in [3.63, 3.8) is 0 Å². The van der Waals surface area contributed by atoms with Crippen molar-refractivity contribution >= 4 is 11.6 Å². The molecule has 1 aromatic rings. The number of aliphatic hydroxyl groups excluding tert-OH is 2. The monoisotopic (exact) mass is 231 g/mol. The smallest absolute Gasteiger partial charge is 0.134 e. The van der Waals surface area contributed by atoms with Gasteiger partial charge in [-0.3, -0.25) is 0 Å². The van der Waals surface area contributed by atoms with Crippen LogP contribution < -0.4 is 5.73 Å². The zero-order valence-electron chi connectivity index (χ0n) is 8.10. The number of halogens is 1. The Bertz CT molecular complexity index is 332. The van der Waals surface area contributed by atoms with Crippen LogP contribution in [-0.2, 0) is 0 Å². The first-order valence-electron chi connectivity index (χ1n) is 4.61. The van der Waals surface area contributed by atoms with E-state index >= 15 is 0 Å². The van der Waals surface area contributed by atoms with E-state index in [1.54, 1.807) is 0 Å². The van der Waals surface area contributed by atoms with E-state index in [0.717, 1.165) is 0 Å². The van der Waals surface area contributed by atoms with Crippen molar-refractivity contribution in [2.24, 2.45) is 5.73 Å². The Kier molecular flexibility index (Phi) is 4.35. The molecule has 0 aliphatic rings. The molecule has 0 aliphatic heterocycles. The Morgan fingerprint density at radius 3 is 2.53 bits per heavy atom. The van der Waals surface area contributed by atoms with Gasteiger partial charge in [0.25, 0.3) is 0 Å². The molecule has 0 heterocycles. The maximum atomic E-state index is 9.69. The summed E-state index contributed by atoms with van der Waals surface area (Å²) >= 11 is 5.67. The Balaban J connectivity index is 2.81. The summed E-state index contributed by atoms with van der Waals surface area (Å²) in [4.78, 5) is 0. The maximum absolute atomic E-state index is 9.69. The van der Waals surface area contributed by atoms with Crippen LogP contribution in [-0.4, -0.2) is 28.0 Å². The number of hydrogen-bond donors (Lipinski definition) is 4. The largest absolute Gasteiger partial charge is 0.506 e. The lowest BCUT2D eigenvalue weighted by atomic mass is 10.0. The molecule has 4 nitrogen and oxygen atoms in total. The molecule has 0 aliphatic carbocycles. The second kappa shape index (κ2) is 5.32. The van der Waals surface area contributed by atoms with E-state index in [1.807, 2.05) is 0 Å². The Hall–Kier alpha value is -0.810. The molecule has 2 atom stereocenters. The molecular formula is C10H14ClNO3. The van der Waals surface area contributed by atoms with Gasteiger partial charge >= 0.3 is 0 Å². The Labute approximate surface area is 92.9 Å². The third-order valence-corrected chi connectivity index (χ3v) is 2.44. The van der Waals surface area contributed by atoms with Crippen LogP contribution in [0.15, 0.2) is 18.2 Å². The highest BCUT2D eigenvalue weighted by molar-refractivity contribution is 6.32. The number of phenolic OH excluding ortho intramolecular Hbond substituents is 1. The average molecular weight is 232 g/mol. The molecule has 0 radical (unpaired) electrons. The number of nitrogens with two attached hydrogens (primary N) is 1. The number of aliphatic hydroxyl groups is 2. The summed E-state index contributed by atoms with van der Waals surface area (Å²) in [6, 6.07) is 4.29. The predicted molar refractivity (Wildman–Crippen MR) is 57.8 cm³/mol. The minimum atomic E-state index is -1.04. The van der Waals surface area contributed by atoms with Crippen LogP contribution in [0.5, 0.6) is 5.75 Å². The van der Waals surface area contributed by atoms with Crippen molar-refractivity contribution in [3.05, 3.63) is 28.8 Å².